The van der Waals surface area contributed by atoms with E-state index in [9.17, 15) is 19.2 Å². The molecule has 2 amide bonds. The van der Waals surface area contributed by atoms with Gasteiger partial charge >= 0.3 is 0 Å². The molecule has 3 aromatic carbocycles. The topological polar surface area (TPSA) is 79.6 Å². The van der Waals surface area contributed by atoms with Crippen molar-refractivity contribution in [1.82, 2.24) is 4.90 Å². The fourth-order valence-electron chi connectivity index (χ4n) is 3.50. The SMILES string of the molecule is COc1cc(C=C2SC(=O)N(Cc3c(F)cccc3Cl)C2=O)cc(I)c1OCc1ccccc1C#N. The lowest BCUT2D eigenvalue weighted by Crippen LogP contribution is -2.28. The Morgan fingerprint density at radius 1 is 1.19 bits per heavy atom. The van der Waals surface area contributed by atoms with Gasteiger partial charge in [0.1, 0.15) is 12.4 Å². The molecule has 1 saturated heterocycles. The summed E-state index contributed by atoms with van der Waals surface area (Å²) in [5, 5.41) is 8.92. The second-order valence-electron chi connectivity index (χ2n) is 7.56. The maximum Gasteiger partial charge on any atom is 0.293 e. The van der Waals surface area contributed by atoms with Crippen molar-refractivity contribution in [3.8, 4) is 17.6 Å². The Balaban J connectivity index is 1.56. The standard InChI is InChI=1S/C26H17ClFIN2O4S/c1-34-22-10-15(9-21(29)24(22)35-14-17-6-3-2-5-16(17)12-30)11-23-25(32)31(26(33)36-23)13-18-19(27)7-4-8-20(18)28/h2-11H,13-14H2,1H3. The molecule has 0 atom stereocenters. The number of thioether (sulfide) groups is 1. The van der Waals surface area contributed by atoms with Crippen LogP contribution in [0.5, 0.6) is 11.5 Å². The van der Waals surface area contributed by atoms with Crippen LogP contribution in [0.3, 0.4) is 0 Å². The van der Waals surface area contributed by atoms with E-state index in [1.54, 1.807) is 30.3 Å². The van der Waals surface area contributed by atoms with Crippen molar-refractivity contribution in [2.75, 3.05) is 7.11 Å². The molecule has 6 nitrogen and oxygen atoms in total. The van der Waals surface area contributed by atoms with E-state index in [0.29, 0.717) is 26.2 Å². The quantitative estimate of drug-likeness (QED) is 0.211. The van der Waals surface area contributed by atoms with Crippen molar-refractivity contribution in [3.63, 3.8) is 0 Å². The summed E-state index contributed by atoms with van der Waals surface area (Å²) in [4.78, 5) is 26.6. The number of hydrogen-bond acceptors (Lipinski definition) is 6. The average molecular weight is 635 g/mol. The third-order valence-electron chi connectivity index (χ3n) is 5.31. The normalized spacial score (nSPS) is 14.3. The summed E-state index contributed by atoms with van der Waals surface area (Å²) in [6, 6.07) is 17.0. The van der Waals surface area contributed by atoms with E-state index in [1.165, 1.54) is 25.3 Å². The van der Waals surface area contributed by atoms with E-state index < -0.39 is 17.0 Å². The number of ether oxygens (including phenoxy) is 2. The van der Waals surface area contributed by atoms with Gasteiger partial charge in [-0.2, -0.15) is 5.26 Å². The second-order valence-corrected chi connectivity index (χ2v) is 10.1. The summed E-state index contributed by atoms with van der Waals surface area (Å²) in [5.74, 6) is -0.199. The second kappa shape index (κ2) is 11.3. The molecule has 0 aromatic heterocycles. The highest BCUT2D eigenvalue weighted by Gasteiger charge is 2.36. The van der Waals surface area contributed by atoms with E-state index in [0.717, 1.165) is 22.2 Å². The number of carbonyl (C=O) groups excluding carboxylic acids is 2. The van der Waals surface area contributed by atoms with E-state index in [-0.39, 0.29) is 28.6 Å². The van der Waals surface area contributed by atoms with Crippen LogP contribution in [0, 0.1) is 20.7 Å². The molecule has 10 heteroatoms. The van der Waals surface area contributed by atoms with Crippen LogP contribution < -0.4 is 9.47 Å². The van der Waals surface area contributed by atoms with Gasteiger partial charge in [0.15, 0.2) is 11.5 Å². The summed E-state index contributed by atoms with van der Waals surface area (Å²) in [6.07, 6.45) is 1.58. The Hall–Kier alpha value is -3.07. The number of rotatable bonds is 7. The van der Waals surface area contributed by atoms with Gasteiger partial charge in [-0.3, -0.25) is 14.5 Å². The molecule has 0 bridgehead atoms. The number of nitriles is 1. The first-order valence-electron chi connectivity index (χ1n) is 10.5. The van der Waals surface area contributed by atoms with Gasteiger partial charge in [0.05, 0.1) is 33.8 Å². The molecule has 36 heavy (non-hydrogen) atoms. The Kier molecular flexibility index (Phi) is 8.18. The predicted molar refractivity (Wildman–Crippen MR) is 144 cm³/mol. The van der Waals surface area contributed by atoms with Crippen molar-refractivity contribution in [1.29, 1.82) is 5.26 Å². The molecule has 0 aliphatic carbocycles. The lowest BCUT2D eigenvalue weighted by atomic mass is 10.1. The van der Waals surface area contributed by atoms with Gasteiger partial charge in [0.2, 0.25) is 0 Å². The van der Waals surface area contributed by atoms with Crippen LogP contribution in [0.1, 0.15) is 22.3 Å². The minimum atomic E-state index is -0.585. The summed E-state index contributed by atoms with van der Waals surface area (Å²) in [6.45, 7) is -0.0851. The van der Waals surface area contributed by atoms with E-state index >= 15 is 0 Å². The minimum Gasteiger partial charge on any atom is -0.493 e. The molecule has 0 unspecified atom stereocenters. The zero-order chi connectivity index (χ0) is 25.8. The highest BCUT2D eigenvalue weighted by Crippen LogP contribution is 2.38. The number of nitrogens with zero attached hydrogens (tertiary/aromatic N) is 2. The largest absolute Gasteiger partial charge is 0.493 e. The lowest BCUT2D eigenvalue weighted by Gasteiger charge is -2.15. The summed E-state index contributed by atoms with van der Waals surface area (Å²) in [5.41, 5.74) is 1.97. The van der Waals surface area contributed by atoms with Crippen LogP contribution in [0.4, 0.5) is 9.18 Å². The number of imide groups is 1. The van der Waals surface area contributed by atoms with Crippen molar-refractivity contribution in [3.05, 3.63) is 96.2 Å². The van der Waals surface area contributed by atoms with Gasteiger partial charge in [0, 0.05) is 16.1 Å². The third kappa shape index (κ3) is 5.51. The molecule has 1 aliphatic rings. The molecule has 4 rings (SSSR count). The maximum atomic E-state index is 14.2. The van der Waals surface area contributed by atoms with E-state index in [2.05, 4.69) is 28.7 Å². The van der Waals surface area contributed by atoms with Crippen LogP contribution in [0.2, 0.25) is 5.02 Å². The van der Waals surface area contributed by atoms with Gasteiger partial charge in [-0.15, -0.1) is 0 Å². The molecule has 1 heterocycles. The lowest BCUT2D eigenvalue weighted by molar-refractivity contribution is -0.123. The number of benzene rings is 3. The number of hydrogen-bond donors (Lipinski definition) is 0. The first-order valence-corrected chi connectivity index (χ1v) is 12.8. The molecule has 1 fully saturated rings. The Morgan fingerprint density at radius 2 is 1.97 bits per heavy atom. The monoisotopic (exact) mass is 634 g/mol. The van der Waals surface area contributed by atoms with Crippen molar-refractivity contribution in [2.24, 2.45) is 0 Å². The molecule has 0 radical (unpaired) electrons. The molecule has 182 valence electrons. The zero-order valence-corrected chi connectivity index (χ0v) is 22.5. The first kappa shape index (κ1) is 26.0. The molecule has 3 aromatic rings. The molecular formula is C26H17ClFIN2O4S. The van der Waals surface area contributed by atoms with Gasteiger partial charge < -0.3 is 9.47 Å². The van der Waals surface area contributed by atoms with Gasteiger partial charge in [-0.1, -0.05) is 35.9 Å². The van der Waals surface area contributed by atoms with Crippen LogP contribution in [-0.2, 0) is 17.9 Å². The zero-order valence-electron chi connectivity index (χ0n) is 18.8. The van der Waals surface area contributed by atoms with Crippen LogP contribution in [-0.4, -0.2) is 23.2 Å². The highest BCUT2D eigenvalue weighted by molar-refractivity contribution is 14.1. The van der Waals surface area contributed by atoms with Crippen LogP contribution in [0.25, 0.3) is 6.08 Å². The molecule has 1 aliphatic heterocycles. The summed E-state index contributed by atoms with van der Waals surface area (Å²) < 4.78 is 26.4. The Bertz CT molecular complexity index is 1420. The fourth-order valence-corrected chi connectivity index (χ4v) is 5.34. The fraction of sp³-hybridized carbons (Fsp3) is 0.115. The Labute approximate surface area is 229 Å². The van der Waals surface area contributed by atoms with Crippen LogP contribution in [0.15, 0.2) is 59.5 Å². The highest BCUT2D eigenvalue weighted by atomic mass is 127. The smallest absolute Gasteiger partial charge is 0.293 e. The van der Waals surface area contributed by atoms with Gasteiger partial charge in [-0.05, 0) is 76.3 Å². The first-order chi connectivity index (χ1) is 17.3. The maximum absolute atomic E-state index is 14.2. The summed E-state index contributed by atoms with van der Waals surface area (Å²) in [7, 11) is 1.50. The number of methoxy groups -OCH3 is 1. The van der Waals surface area contributed by atoms with Crippen molar-refractivity contribution in [2.45, 2.75) is 13.2 Å². The van der Waals surface area contributed by atoms with Crippen molar-refractivity contribution < 1.29 is 23.5 Å². The van der Waals surface area contributed by atoms with Gasteiger partial charge in [-0.25, -0.2) is 4.39 Å². The van der Waals surface area contributed by atoms with E-state index in [4.69, 9.17) is 21.1 Å². The van der Waals surface area contributed by atoms with Crippen LogP contribution >= 0.6 is 46.0 Å². The third-order valence-corrected chi connectivity index (χ3v) is 7.37. The number of amides is 2. The molecule has 0 spiro atoms. The minimum absolute atomic E-state index is 0.0819. The van der Waals surface area contributed by atoms with E-state index in [1.807, 2.05) is 12.1 Å². The predicted octanol–water partition coefficient (Wildman–Crippen LogP) is 6.78. The van der Waals surface area contributed by atoms with Gasteiger partial charge in [0.25, 0.3) is 11.1 Å². The molecular weight excluding hydrogens is 618 g/mol. The number of halogens is 3. The molecule has 0 N–H and O–H groups in total. The van der Waals surface area contributed by atoms with Crippen molar-refractivity contribution >= 4 is 63.2 Å². The summed E-state index contributed by atoms with van der Waals surface area (Å²) >= 11 is 8.93. The average Bonchev–Trinajstić information content (AvgIpc) is 3.12. The molecule has 0 saturated carbocycles. The number of carbonyl (C=O) groups is 2. The Morgan fingerprint density at radius 3 is 2.69 bits per heavy atom.